The number of benzene rings is 2. The molecule has 2 aromatic rings. The fourth-order valence-corrected chi connectivity index (χ4v) is 3.32. The van der Waals surface area contributed by atoms with Crippen molar-refractivity contribution in [1.29, 1.82) is 0 Å². The summed E-state index contributed by atoms with van der Waals surface area (Å²) in [6, 6.07) is 13.2. The standard InChI is InChI=1S/C21H26N2O3S/c1-5-16-10-8-9-14(2)20(16)23-21(25)15(3)27-13-19(24)22-17-11-6-7-12-18(17)26-4/h6-12,15H,5,13H2,1-4H3,(H,22,24)(H,23,25). The fraction of sp³-hybridized carbons (Fsp3) is 0.333. The van der Waals surface area contributed by atoms with Crippen molar-refractivity contribution in [2.75, 3.05) is 23.5 Å². The van der Waals surface area contributed by atoms with Crippen molar-refractivity contribution in [3.63, 3.8) is 0 Å². The average molecular weight is 387 g/mol. The van der Waals surface area contributed by atoms with E-state index in [0.29, 0.717) is 11.4 Å². The van der Waals surface area contributed by atoms with Crippen molar-refractivity contribution in [3.05, 3.63) is 53.6 Å². The lowest BCUT2D eigenvalue weighted by Crippen LogP contribution is -2.26. The molecule has 0 bridgehead atoms. The van der Waals surface area contributed by atoms with Gasteiger partial charge in [0.2, 0.25) is 11.8 Å². The van der Waals surface area contributed by atoms with E-state index in [0.717, 1.165) is 23.2 Å². The smallest absolute Gasteiger partial charge is 0.237 e. The largest absolute Gasteiger partial charge is 0.495 e. The van der Waals surface area contributed by atoms with Crippen LogP contribution in [-0.4, -0.2) is 29.9 Å². The van der Waals surface area contributed by atoms with Crippen LogP contribution in [0.1, 0.15) is 25.0 Å². The highest BCUT2D eigenvalue weighted by Gasteiger charge is 2.18. The van der Waals surface area contributed by atoms with Gasteiger partial charge in [0.15, 0.2) is 0 Å². The maximum absolute atomic E-state index is 12.5. The predicted molar refractivity (Wildman–Crippen MR) is 113 cm³/mol. The molecule has 2 aromatic carbocycles. The van der Waals surface area contributed by atoms with Crippen LogP contribution in [0.2, 0.25) is 0 Å². The third kappa shape index (κ3) is 5.76. The molecule has 0 aliphatic rings. The van der Waals surface area contributed by atoms with Crippen LogP contribution in [0.3, 0.4) is 0 Å². The number of anilines is 2. The molecule has 1 atom stereocenters. The number of thioether (sulfide) groups is 1. The summed E-state index contributed by atoms with van der Waals surface area (Å²) < 4.78 is 5.22. The molecule has 0 saturated heterocycles. The summed E-state index contributed by atoms with van der Waals surface area (Å²) in [6.45, 7) is 5.85. The first kappa shape index (κ1) is 20.8. The minimum absolute atomic E-state index is 0.103. The third-order valence-corrected chi connectivity index (χ3v) is 5.35. The molecule has 144 valence electrons. The number of aryl methyl sites for hydroxylation is 2. The Bertz CT molecular complexity index is 808. The van der Waals surface area contributed by atoms with Gasteiger partial charge in [-0.05, 0) is 43.5 Å². The lowest BCUT2D eigenvalue weighted by molar-refractivity contribution is -0.115. The molecular weight excluding hydrogens is 360 g/mol. The summed E-state index contributed by atoms with van der Waals surface area (Å²) in [5.41, 5.74) is 3.63. The van der Waals surface area contributed by atoms with Crippen LogP contribution in [0.25, 0.3) is 0 Å². The van der Waals surface area contributed by atoms with Crippen LogP contribution in [0, 0.1) is 6.92 Å². The Morgan fingerprint density at radius 3 is 2.56 bits per heavy atom. The Morgan fingerprint density at radius 2 is 1.85 bits per heavy atom. The summed E-state index contributed by atoms with van der Waals surface area (Å²) in [7, 11) is 1.56. The van der Waals surface area contributed by atoms with E-state index in [-0.39, 0.29) is 22.8 Å². The Balaban J connectivity index is 1.90. The van der Waals surface area contributed by atoms with Crippen molar-refractivity contribution < 1.29 is 14.3 Å². The minimum Gasteiger partial charge on any atom is -0.495 e. The first-order chi connectivity index (χ1) is 13.0. The second kappa shape index (κ2) is 10.0. The lowest BCUT2D eigenvalue weighted by Gasteiger charge is -2.16. The Morgan fingerprint density at radius 1 is 1.11 bits per heavy atom. The fourth-order valence-electron chi connectivity index (χ4n) is 2.64. The van der Waals surface area contributed by atoms with E-state index in [1.54, 1.807) is 26.2 Å². The van der Waals surface area contributed by atoms with E-state index in [2.05, 4.69) is 17.6 Å². The van der Waals surface area contributed by atoms with Crippen molar-refractivity contribution >= 4 is 35.0 Å². The number of para-hydroxylation sites is 3. The van der Waals surface area contributed by atoms with Gasteiger partial charge in [-0.15, -0.1) is 11.8 Å². The highest BCUT2D eigenvalue weighted by molar-refractivity contribution is 8.01. The summed E-state index contributed by atoms with van der Waals surface area (Å²) in [5, 5.41) is 5.48. The SMILES string of the molecule is CCc1cccc(C)c1NC(=O)C(C)SCC(=O)Nc1ccccc1OC. The number of carbonyl (C=O) groups is 2. The van der Waals surface area contributed by atoms with Gasteiger partial charge in [-0.3, -0.25) is 9.59 Å². The number of amides is 2. The molecule has 0 aromatic heterocycles. The summed E-state index contributed by atoms with van der Waals surface area (Å²) >= 11 is 1.30. The van der Waals surface area contributed by atoms with Crippen LogP contribution in [-0.2, 0) is 16.0 Å². The van der Waals surface area contributed by atoms with Gasteiger partial charge in [-0.25, -0.2) is 0 Å². The quantitative estimate of drug-likeness (QED) is 0.711. The van der Waals surface area contributed by atoms with Crippen LogP contribution in [0.4, 0.5) is 11.4 Å². The normalized spacial score (nSPS) is 11.6. The molecule has 0 spiro atoms. The molecule has 2 rings (SSSR count). The number of hydrogen-bond acceptors (Lipinski definition) is 4. The Kier molecular flexibility index (Phi) is 7.73. The van der Waals surface area contributed by atoms with Crippen LogP contribution in [0.15, 0.2) is 42.5 Å². The molecule has 0 heterocycles. The van der Waals surface area contributed by atoms with Crippen LogP contribution < -0.4 is 15.4 Å². The van der Waals surface area contributed by atoms with Crippen LogP contribution >= 0.6 is 11.8 Å². The van der Waals surface area contributed by atoms with Gasteiger partial charge < -0.3 is 15.4 Å². The Labute approximate surface area is 164 Å². The molecule has 6 heteroatoms. The van der Waals surface area contributed by atoms with E-state index in [1.165, 1.54) is 11.8 Å². The molecular formula is C21H26N2O3S. The topological polar surface area (TPSA) is 67.4 Å². The van der Waals surface area contributed by atoms with E-state index in [9.17, 15) is 9.59 Å². The van der Waals surface area contributed by atoms with Crippen molar-refractivity contribution in [1.82, 2.24) is 0 Å². The highest BCUT2D eigenvalue weighted by atomic mass is 32.2. The van der Waals surface area contributed by atoms with Gasteiger partial charge in [0.05, 0.1) is 23.8 Å². The second-order valence-corrected chi connectivity index (χ2v) is 7.48. The van der Waals surface area contributed by atoms with E-state index >= 15 is 0 Å². The molecule has 27 heavy (non-hydrogen) atoms. The number of carbonyl (C=O) groups excluding carboxylic acids is 2. The van der Waals surface area contributed by atoms with Gasteiger partial charge in [0.1, 0.15) is 5.75 Å². The van der Waals surface area contributed by atoms with Crippen molar-refractivity contribution in [2.24, 2.45) is 0 Å². The highest BCUT2D eigenvalue weighted by Crippen LogP contribution is 2.25. The van der Waals surface area contributed by atoms with Gasteiger partial charge in [0.25, 0.3) is 0 Å². The van der Waals surface area contributed by atoms with Gasteiger partial charge in [-0.2, -0.15) is 0 Å². The zero-order valence-corrected chi connectivity index (χ0v) is 17.0. The number of methoxy groups -OCH3 is 1. The Hall–Kier alpha value is -2.47. The van der Waals surface area contributed by atoms with Crippen molar-refractivity contribution in [3.8, 4) is 5.75 Å². The van der Waals surface area contributed by atoms with Gasteiger partial charge in [0, 0.05) is 5.69 Å². The molecule has 0 aliphatic heterocycles. The first-order valence-corrected chi connectivity index (χ1v) is 9.95. The molecule has 2 amide bonds. The van der Waals surface area contributed by atoms with Crippen molar-refractivity contribution in [2.45, 2.75) is 32.4 Å². The average Bonchev–Trinajstić information content (AvgIpc) is 2.67. The molecule has 2 N–H and O–H groups in total. The molecule has 0 aliphatic carbocycles. The summed E-state index contributed by atoms with van der Waals surface area (Å²) in [5.74, 6) is 0.512. The summed E-state index contributed by atoms with van der Waals surface area (Å²) in [4.78, 5) is 24.7. The third-order valence-electron chi connectivity index (χ3n) is 4.20. The molecule has 0 fully saturated rings. The number of ether oxygens (including phenoxy) is 1. The lowest BCUT2D eigenvalue weighted by atomic mass is 10.1. The predicted octanol–water partition coefficient (Wildman–Crippen LogP) is 4.26. The van der Waals surface area contributed by atoms with Gasteiger partial charge in [-0.1, -0.05) is 37.3 Å². The molecule has 5 nitrogen and oxygen atoms in total. The van der Waals surface area contributed by atoms with Gasteiger partial charge >= 0.3 is 0 Å². The molecule has 0 saturated carbocycles. The van der Waals surface area contributed by atoms with E-state index < -0.39 is 0 Å². The zero-order chi connectivity index (χ0) is 19.8. The number of nitrogens with one attached hydrogen (secondary N) is 2. The number of hydrogen-bond donors (Lipinski definition) is 2. The first-order valence-electron chi connectivity index (χ1n) is 8.90. The van der Waals surface area contributed by atoms with E-state index in [4.69, 9.17) is 4.74 Å². The summed E-state index contributed by atoms with van der Waals surface area (Å²) in [6.07, 6.45) is 0.847. The molecule has 0 radical (unpaired) electrons. The number of rotatable bonds is 8. The minimum atomic E-state index is -0.349. The maximum atomic E-state index is 12.5. The molecule has 1 unspecified atom stereocenters. The van der Waals surface area contributed by atoms with E-state index in [1.807, 2.05) is 37.3 Å². The monoisotopic (exact) mass is 386 g/mol. The maximum Gasteiger partial charge on any atom is 0.237 e. The zero-order valence-electron chi connectivity index (χ0n) is 16.2. The van der Waals surface area contributed by atoms with Crippen LogP contribution in [0.5, 0.6) is 5.75 Å². The second-order valence-electron chi connectivity index (χ2n) is 6.15.